The Morgan fingerprint density at radius 3 is 2.37 bits per heavy atom. The van der Waals surface area contributed by atoms with Gasteiger partial charge in [-0.3, -0.25) is 9.59 Å². The average molecular weight is 503 g/mol. The van der Waals surface area contributed by atoms with Gasteiger partial charge < -0.3 is 14.9 Å². The van der Waals surface area contributed by atoms with Crippen LogP contribution in [0.25, 0.3) is 0 Å². The molecule has 1 aromatic rings. The summed E-state index contributed by atoms with van der Waals surface area (Å²) in [5.74, 6) is -0.130. The predicted molar refractivity (Wildman–Crippen MR) is 140 cm³/mol. The molecular weight excluding hydrogens is 460 g/mol. The molecule has 2 heterocycles. The van der Waals surface area contributed by atoms with Crippen LogP contribution in [-0.2, 0) is 15.0 Å². The van der Waals surface area contributed by atoms with Crippen LogP contribution in [0.1, 0.15) is 100 Å². The van der Waals surface area contributed by atoms with Crippen LogP contribution in [0.3, 0.4) is 0 Å². The second kappa shape index (κ2) is 10.7. The standard InChI is InChI=1S/C28H42N2O4S/c1-18-7-9-19(10-8-18)26(32)30(22-16-24(28(2,3)4)35-25(22)27(33)34)21-11-12-23(31)20(15-21)17-29-13-5-6-14-29/h16,18-21H,5-15,17H2,1-4H3,(H,33,34)/t18?,19?,20?,21-/m1/s1. The molecule has 1 aromatic heterocycles. The summed E-state index contributed by atoms with van der Waals surface area (Å²) < 4.78 is 0. The van der Waals surface area contributed by atoms with Crippen molar-refractivity contribution in [3.05, 3.63) is 15.8 Å². The van der Waals surface area contributed by atoms with Crippen molar-refractivity contribution >= 4 is 34.7 Å². The third kappa shape index (κ3) is 5.99. The zero-order valence-corrected chi connectivity index (χ0v) is 22.7. The van der Waals surface area contributed by atoms with Crippen LogP contribution in [0.5, 0.6) is 0 Å². The van der Waals surface area contributed by atoms with Gasteiger partial charge in [-0.25, -0.2) is 4.79 Å². The minimum atomic E-state index is -0.976. The molecule has 0 aromatic carbocycles. The van der Waals surface area contributed by atoms with Gasteiger partial charge in [-0.2, -0.15) is 0 Å². The highest BCUT2D eigenvalue weighted by atomic mass is 32.1. The number of thiophene rings is 1. The Morgan fingerprint density at radius 1 is 1.11 bits per heavy atom. The molecule has 6 nitrogen and oxygen atoms in total. The number of ketones is 1. The smallest absolute Gasteiger partial charge is 0.348 e. The third-order valence-corrected chi connectivity index (χ3v) is 9.82. The van der Waals surface area contributed by atoms with Gasteiger partial charge in [0.15, 0.2) is 0 Å². The first-order valence-corrected chi connectivity index (χ1v) is 14.3. The number of carbonyl (C=O) groups is 3. The molecule has 0 spiro atoms. The minimum Gasteiger partial charge on any atom is -0.477 e. The minimum absolute atomic E-state index is 0.0666. The number of carboxylic acids is 1. The van der Waals surface area contributed by atoms with E-state index in [1.54, 1.807) is 0 Å². The van der Waals surface area contributed by atoms with Gasteiger partial charge in [0.1, 0.15) is 10.7 Å². The number of hydrogen-bond acceptors (Lipinski definition) is 5. The first-order chi connectivity index (χ1) is 16.5. The lowest BCUT2D eigenvalue weighted by Crippen LogP contribution is -2.49. The van der Waals surface area contributed by atoms with Gasteiger partial charge in [-0.05, 0) is 81.9 Å². The molecule has 0 radical (unpaired) electrons. The van der Waals surface area contributed by atoms with Gasteiger partial charge in [-0.1, -0.05) is 27.7 Å². The average Bonchev–Trinajstić information content (AvgIpc) is 3.47. The fourth-order valence-electron chi connectivity index (χ4n) is 6.06. The van der Waals surface area contributed by atoms with E-state index in [0.717, 1.165) is 50.2 Å². The Morgan fingerprint density at radius 2 is 1.77 bits per heavy atom. The molecule has 1 saturated heterocycles. The predicted octanol–water partition coefficient (Wildman–Crippen LogP) is 5.74. The molecule has 1 aliphatic heterocycles. The number of amides is 1. The summed E-state index contributed by atoms with van der Waals surface area (Å²) >= 11 is 1.29. The summed E-state index contributed by atoms with van der Waals surface area (Å²) in [5, 5.41) is 10.1. The number of hydrogen-bond donors (Lipinski definition) is 1. The summed E-state index contributed by atoms with van der Waals surface area (Å²) in [6, 6.07) is 1.82. The molecule has 4 rings (SSSR count). The van der Waals surface area contributed by atoms with Crippen molar-refractivity contribution in [3.8, 4) is 0 Å². The number of carboxylic acid groups (broad SMARTS) is 1. The Labute approximate surface area is 214 Å². The van der Waals surface area contributed by atoms with Crippen molar-refractivity contribution in [1.82, 2.24) is 4.90 Å². The molecule has 3 aliphatic rings. The molecule has 0 bridgehead atoms. The summed E-state index contributed by atoms with van der Waals surface area (Å²) in [6.07, 6.45) is 7.86. The fourth-order valence-corrected chi connectivity index (χ4v) is 7.11. The summed E-state index contributed by atoms with van der Waals surface area (Å²) in [7, 11) is 0. The van der Waals surface area contributed by atoms with E-state index in [0.29, 0.717) is 36.7 Å². The normalized spacial score (nSPS) is 28.3. The lowest BCUT2D eigenvalue weighted by Gasteiger charge is -2.40. The zero-order valence-electron chi connectivity index (χ0n) is 21.8. The second-order valence-corrected chi connectivity index (χ2v) is 13.2. The molecule has 2 aliphatic carbocycles. The lowest BCUT2D eigenvalue weighted by molar-refractivity contribution is -0.128. The van der Waals surface area contributed by atoms with Crippen molar-refractivity contribution in [1.29, 1.82) is 0 Å². The van der Waals surface area contributed by atoms with E-state index in [4.69, 9.17) is 0 Å². The Balaban J connectivity index is 1.68. The van der Waals surface area contributed by atoms with Gasteiger partial charge in [0, 0.05) is 35.7 Å². The molecule has 1 amide bonds. The molecule has 194 valence electrons. The van der Waals surface area contributed by atoms with Crippen molar-refractivity contribution in [2.75, 3.05) is 24.5 Å². The van der Waals surface area contributed by atoms with Crippen molar-refractivity contribution in [3.63, 3.8) is 0 Å². The molecule has 7 heteroatoms. The van der Waals surface area contributed by atoms with Crippen LogP contribution >= 0.6 is 11.3 Å². The number of rotatable bonds is 6. The highest BCUT2D eigenvalue weighted by Gasteiger charge is 2.40. The van der Waals surface area contributed by atoms with E-state index in [9.17, 15) is 19.5 Å². The van der Waals surface area contributed by atoms with E-state index < -0.39 is 5.97 Å². The van der Waals surface area contributed by atoms with Crippen LogP contribution in [0.4, 0.5) is 5.69 Å². The highest BCUT2D eigenvalue weighted by Crippen LogP contribution is 2.42. The number of likely N-dealkylation sites (tertiary alicyclic amines) is 1. The maximum atomic E-state index is 14.1. The number of Topliss-reactive ketones (excluding diaryl/α,β-unsaturated/α-hetero) is 1. The molecule has 35 heavy (non-hydrogen) atoms. The lowest BCUT2D eigenvalue weighted by atomic mass is 9.80. The maximum absolute atomic E-state index is 14.1. The summed E-state index contributed by atoms with van der Waals surface area (Å²) in [5.41, 5.74) is 0.346. The molecule has 2 saturated carbocycles. The van der Waals surface area contributed by atoms with Crippen molar-refractivity contribution in [2.24, 2.45) is 17.8 Å². The van der Waals surface area contributed by atoms with E-state index in [2.05, 4.69) is 32.6 Å². The Hall–Kier alpha value is -1.73. The van der Waals surface area contributed by atoms with Gasteiger partial charge in [0.05, 0.1) is 5.69 Å². The van der Waals surface area contributed by atoms with E-state index in [1.165, 1.54) is 24.2 Å². The van der Waals surface area contributed by atoms with Crippen LogP contribution < -0.4 is 4.90 Å². The van der Waals surface area contributed by atoms with Crippen molar-refractivity contribution < 1.29 is 19.5 Å². The van der Waals surface area contributed by atoms with E-state index >= 15 is 0 Å². The topological polar surface area (TPSA) is 77.9 Å². The van der Waals surface area contributed by atoms with Gasteiger partial charge in [-0.15, -0.1) is 11.3 Å². The molecule has 1 N–H and O–H groups in total. The molecule has 2 atom stereocenters. The second-order valence-electron chi connectivity index (χ2n) is 12.1. The zero-order chi connectivity index (χ0) is 25.3. The molecule has 3 fully saturated rings. The number of aromatic carboxylic acids is 1. The van der Waals surface area contributed by atoms with Gasteiger partial charge in [0.25, 0.3) is 0 Å². The van der Waals surface area contributed by atoms with Crippen LogP contribution in [0, 0.1) is 17.8 Å². The third-order valence-electron chi connectivity index (χ3n) is 8.29. The number of anilines is 1. The first kappa shape index (κ1) is 26.3. The van der Waals surface area contributed by atoms with Crippen molar-refractivity contribution in [2.45, 2.75) is 96.9 Å². The number of nitrogens with zero attached hydrogens (tertiary/aromatic N) is 2. The monoisotopic (exact) mass is 502 g/mol. The quantitative estimate of drug-likeness (QED) is 0.537. The highest BCUT2D eigenvalue weighted by molar-refractivity contribution is 7.14. The van der Waals surface area contributed by atoms with Crippen LogP contribution in [0.2, 0.25) is 0 Å². The van der Waals surface area contributed by atoms with E-state index in [-0.39, 0.29) is 34.1 Å². The SMILES string of the molecule is CC1CCC(C(=O)N(c2cc(C(C)(C)C)sc2C(=O)O)[C@@H]2CCC(=O)C(CN3CCCC3)C2)CC1. The molecule has 1 unspecified atom stereocenters. The maximum Gasteiger partial charge on any atom is 0.348 e. The Bertz CT molecular complexity index is 935. The van der Waals surface area contributed by atoms with Crippen LogP contribution in [-0.4, -0.2) is 53.3 Å². The summed E-state index contributed by atoms with van der Waals surface area (Å²) in [6.45, 7) is 11.3. The fraction of sp³-hybridized carbons (Fsp3) is 0.750. The first-order valence-electron chi connectivity index (χ1n) is 13.5. The van der Waals surface area contributed by atoms with Gasteiger partial charge in [0.2, 0.25) is 5.91 Å². The van der Waals surface area contributed by atoms with Gasteiger partial charge >= 0.3 is 5.97 Å². The summed E-state index contributed by atoms with van der Waals surface area (Å²) in [4.78, 5) is 44.8. The largest absolute Gasteiger partial charge is 0.477 e. The number of carbonyl (C=O) groups excluding carboxylic acids is 2. The van der Waals surface area contributed by atoms with E-state index in [1.807, 2.05) is 11.0 Å². The van der Waals surface area contributed by atoms with Crippen LogP contribution in [0.15, 0.2) is 6.07 Å². The molecular formula is C28H42N2O4S. The Kier molecular flexibility index (Phi) is 8.06.